The van der Waals surface area contributed by atoms with Crippen molar-refractivity contribution in [3.63, 3.8) is 0 Å². The highest BCUT2D eigenvalue weighted by molar-refractivity contribution is 6.31. The van der Waals surface area contributed by atoms with E-state index in [9.17, 15) is 0 Å². The Hall–Kier alpha value is -1.39. The zero-order valence-electron chi connectivity index (χ0n) is 11.4. The summed E-state index contributed by atoms with van der Waals surface area (Å²) in [6.07, 6.45) is 2.70. The van der Waals surface area contributed by atoms with Crippen LogP contribution in [0.25, 0.3) is 0 Å². The van der Waals surface area contributed by atoms with Gasteiger partial charge < -0.3 is 5.32 Å². The van der Waals surface area contributed by atoms with E-state index in [2.05, 4.69) is 28.4 Å². The van der Waals surface area contributed by atoms with Gasteiger partial charge in [-0.2, -0.15) is 5.10 Å². The predicted octanol–water partition coefficient (Wildman–Crippen LogP) is 2.79. The first-order valence-corrected chi connectivity index (χ1v) is 6.91. The molecule has 0 amide bonds. The first-order chi connectivity index (χ1) is 9.20. The Bertz CT molecular complexity index is 536. The summed E-state index contributed by atoms with van der Waals surface area (Å²) in [6, 6.07) is 6.08. The van der Waals surface area contributed by atoms with Gasteiger partial charge in [0, 0.05) is 5.02 Å². The van der Waals surface area contributed by atoms with Crippen LogP contribution in [-0.4, -0.2) is 21.3 Å². The second-order valence-electron chi connectivity index (χ2n) is 4.61. The van der Waals surface area contributed by atoms with Crippen molar-refractivity contribution >= 4 is 11.6 Å². The summed E-state index contributed by atoms with van der Waals surface area (Å²) in [5.74, 6) is 0.935. The highest BCUT2D eigenvalue weighted by Gasteiger charge is 2.07. The second kappa shape index (κ2) is 6.68. The number of halogens is 1. The number of hydrogen-bond donors (Lipinski definition) is 1. The predicted molar refractivity (Wildman–Crippen MR) is 77.3 cm³/mol. The quantitative estimate of drug-likeness (QED) is 0.826. The Labute approximate surface area is 118 Å². The van der Waals surface area contributed by atoms with Gasteiger partial charge in [-0.3, -0.25) is 0 Å². The highest BCUT2D eigenvalue weighted by atomic mass is 35.5. The van der Waals surface area contributed by atoms with E-state index in [0.717, 1.165) is 41.5 Å². The lowest BCUT2D eigenvalue weighted by Crippen LogP contribution is -2.18. The lowest BCUT2D eigenvalue weighted by atomic mass is 10.1. The minimum absolute atomic E-state index is 0.655. The zero-order chi connectivity index (χ0) is 13.7. The van der Waals surface area contributed by atoms with Gasteiger partial charge in [-0.05, 0) is 37.1 Å². The van der Waals surface area contributed by atoms with Crippen molar-refractivity contribution in [2.24, 2.45) is 0 Å². The second-order valence-corrected chi connectivity index (χ2v) is 5.01. The summed E-state index contributed by atoms with van der Waals surface area (Å²) in [5.41, 5.74) is 2.23. The van der Waals surface area contributed by atoms with Crippen LogP contribution in [0.4, 0.5) is 0 Å². The molecule has 0 fully saturated rings. The van der Waals surface area contributed by atoms with Gasteiger partial charge in [-0.1, -0.05) is 30.7 Å². The number of aryl methyl sites for hydroxylation is 1. The minimum atomic E-state index is 0.655. The monoisotopic (exact) mass is 278 g/mol. The molecule has 1 N–H and O–H groups in total. The highest BCUT2D eigenvalue weighted by Crippen LogP contribution is 2.18. The van der Waals surface area contributed by atoms with Gasteiger partial charge in [-0.25, -0.2) is 9.67 Å². The number of hydrogen-bond acceptors (Lipinski definition) is 3. The van der Waals surface area contributed by atoms with Crippen LogP contribution >= 0.6 is 11.6 Å². The molecule has 0 unspecified atom stereocenters. The van der Waals surface area contributed by atoms with Gasteiger partial charge in [0.1, 0.15) is 12.2 Å². The van der Waals surface area contributed by atoms with Crippen LogP contribution in [0.5, 0.6) is 0 Å². The molecular weight excluding hydrogens is 260 g/mol. The number of nitrogens with zero attached hydrogens (tertiary/aromatic N) is 3. The number of rotatable bonds is 6. The Morgan fingerprint density at radius 2 is 2.21 bits per heavy atom. The maximum atomic E-state index is 6.25. The fraction of sp³-hybridized carbons (Fsp3) is 0.429. The first kappa shape index (κ1) is 14.0. The lowest BCUT2D eigenvalue weighted by Gasteiger charge is -2.09. The van der Waals surface area contributed by atoms with Gasteiger partial charge in [0.05, 0.1) is 13.1 Å². The molecule has 1 heterocycles. The van der Waals surface area contributed by atoms with Crippen LogP contribution in [0.15, 0.2) is 24.5 Å². The first-order valence-electron chi connectivity index (χ1n) is 6.53. The van der Waals surface area contributed by atoms with Gasteiger partial charge in [-0.15, -0.1) is 0 Å². The van der Waals surface area contributed by atoms with Crippen LogP contribution in [-0.2, 0) is 13.1 Å². The molecule has 4 nitrogen and oxygen atoms in total. The minimum Gasteiger partial charge on any atom is -0.310 e. The average Bonchev–Trinajstić information content (AvgIpc) is 2.81. The topological polar surface area (TPSA) is 42.7 Å². The smallest absolute Gasteiger partial charge is 0.141 e. The van der Waals surface area contributed by atoms with Crippen LogP contribution in [0, 0.1) is 6.92 Å². The molecule has 19 heavy (non-hydrogen) atoms. The Morgan fingerprint density at radius 3 is 2.95 bits per heavy atom. The molecule has 2 rings (SSSR count). The van der Waals surface area contributed by atoms with Crippen molar-refractivity contribution < 1.29 is 0 Å². The number of benzene rings is 1. The molecule has 0 atom stereocenters. The maximum Gasteiger partial charge on any atom is 0.141 e. The van der Waals surface area contributed by atoms with Crippen molar-refractivity contribution in [3.8, 4) is 0 Å². The van der Waals surface area contributed by atoms with Crippen molar-refractivity contribution in [2.75, 3.05) is 6.54 Å². The molecular formula is C14H19ClN4. The average molecular weight is 279 g/mol. The van der Waals surface area contributed by atoms with E-state index in [1.165, 1.54) is 0 Å². The number of aromatic nitrogens is 3. The van der Waals surface area contributed by atoms with E-state index in [1.807, 2.05) is 23.7 Å². The number of nitrogens with one attached hydrogen (secondary N) is 1. The Morgan fingerprint density at radius 1 is 1.37 bits per heavy atom. The fourth-order valence-corrected chi connectivity index (χ4v) is 2.17. The SMILES string of the molecule is CCCNCc1ncnn1Cc1ccc(C)cc1Cl. The molecule has 0 aliphatic heterocycles. The van der Waals surface area contributed by atoms with Crippen molar-refractivity contribution in [1.82, 2.24) is 20.1 Å². The van der Waals surface area contributed by atoms with Crippen molar-refractivity contribution in [2.45, 2.75) is 33.4 Å². The molecule has 102 valence electrons. The molecule has 0 saturated heterocycles. The molecule has 0 saturated carbocycles. The Balaban J connectivity index is 2.08. The van der Waals surface area contributed by atoms with Crippen molar-refractivity contribution in [1.29, 1.82) is 0 Å². The maximum absolute atomic E-state index is 6.25. The van der Waals surface area contributed by atoms with E-state index in [0.29, 0.717) is 6.54 Å². The van der Waals surface area contributed by atoms with Crippen LogP contribution in [0.2, 0.25) is 5.02 Å². The molecule has 2 aromatic rings. The molecule has 0 spiro atoms. The van der Waals surface area contributed by atoms with Gasteiger partial charge in [0.2, 0.25) is 0 Å². The molecule has 0 bridgehead atoms. The summed E-state index contributed by atoms with van der Waals surface area (Å²) in [7, 11) is 0. The van der Waals surface area contributed by atoms with Crippen molar-refractivity contribution in [3.05, 3.63) is 46.5 Å². The molecule has 5 heteroatoms. The standard InChI is InChI=1S/C14H19ClN4/c1-3-6-16-8-14-17-10-18-19(14)9-12-5-4-11(2)7-13(12)15/h4-5,7,10,16H,3,6,8-9H2,1-2H3. The van der Waals surface area contributed by atoms with Gasteiger partial charge in [0.15, 0.2) is 0 Å². The van der Waals surface area contributed by atoms with Gasteiger partial charge >= 0.3 is 0 Å². The van der Waals surface area contributed by atoms with Crippen LogP contribution in [0.3, 0.4) is 0 Å². The molecule has 1 aromatic heterocycles. The third kappa shape index (κ3) is 3.78. The van der Waals surface area contributed by atoms with E-state index >= 15 is 0 Å². The fourth-order valence-electron chi connectivity index (χ4n) is 1.88. The molecule has 0 radical (unpaired) electrons. The summed E-state index contributed by atoms with van der Waals surface area (Å²) >= 11 is 6.25. The van der Waals surface area contributed by atoms with E-state index in [-0.39, 0.29) is 0 Å². The summed E-state index contributed by atoms with van der Waals surface area (Å²) in [6.45, 7) is 6.55. The van der Waals surface area contributed by atoms with E-state index in [1.54, 1.807) is 6.33 Å². The largest absolute Gasteiger partial charge is 0.310 e. The molecule has 0 aliphatic carbocycles. The third-order valence-electron chi connectivity index (χ3n) is 2.93. The summed E-state index contributed by atoms with van der Waals surface area (Å²) < 4.78 is 1.89. The van der Waals surface area contributed by atoms with E-state index < -0.39 is 0 Å². The van der Waals surface area contributed by atoms with E-state index in [4.69, 9.17) is 11.6 Å². The molecule has 0 aliphatic rings. The molecule has 1 aromatic carbocycles. The lowest BCUT2D eigenvalue weighted by molar-refractivity contribution is 0.583. The van der Waals surface area contributed by atoms with Crippen LogP contribution in [0.1, 0.15) is 30.3 Å². The zero-order valence-corrected chi connectivity index (χ0v) is 12.1. The third-order valence-corrected chi connectivity index (χ3v) is 3.29. The van der Waals surface area contributed by atoms with Gasteiger partial charge in [0.25, 0.3) is 0 Å². The normalized spacial score (nSPS) is 10.9. The summed E-state index contributed by atoms with van der Waals surface area (Å²) in [5, 5.41) is 8.37. The summed E-state index contributed by atoms with van der Waals surface area (Å²) in [4.78, 5) is 4.28. The Kier molecular flexibility index (Phi) is 4.93. The van der Waals surface area contributed by atoms with Crippen LogP contribution < -0.4 is 5.32 Å².